The first kappa shape index (κ1) is 14.3. The molecule has 1 fully saturated rings. The zero-order chi connectivity index (χ0) is 13.9. The van der Waals surface area contributed by atoms with Crippen molar-refractivity contribution in [3.63, 3.8) is 0 Å². The number of benzene rings is 1. The molecule has 5 heteroatoms. The first-order chi connectivity index (χ1) is 9.05. The Labute approximate surface area is 121 Å². The molecule has 4 nitrogen and oxygen atoms in total. The number of carbonyl (C=O) groups is 1. The van der Waals surface area contributed by atoms with E-state index in [1.165, 1.54) is 7.11 Å². The standard InChI is InChI=1S/C14H18BrNO3/c1-10-9-14(6-7-19-10,13(17)18-2)16-12-5-3-4-11(15)8-12/h3-5,8,10,16H,6-7,9H2,1-2H3. The van der Waals surface area contributed by atoms with Gasteiger partial charge in [-0.2, -0.15) is 0 Å². The van der Waals surface area contributed by atoms with Gasteiger partial charge in [0.2, 0.25) is 0 Å². The van der Waals surface area contributed by atoms with Gasteiger partial charge in [-0.1, -0.05) is 22.0 Å². The Balaban J connectivity index is 2.25. The van der Waals surface area contributed by atoms with Crippen molar-refractivity contribution in [2.75, 3.05) is 19.0 Å². The van der Waals surface area contributed by atoms with Crippen molar-refractivity contribution in [3.8, 4) is 0 Å². The monoisotopic (exact) mass is 327 g/mol. The Morgan fingerprint density at radius 1 is 1.58 bits per heavy atom. The van der Waals surface area contributed by atoms with Crippen molar-refractivity contribution in [3.05, 3.63) is 28.7 Å². The van der Waals surface area contributed by atoms with Crippen LogP contribution in [0.3, 0.4) is 0 Å². The van der Waals surface area contributed by atoms with Crippen LogP contribution in [-0.4, -0.2) is 31.3 Å². The van der Waals surface area contributed by atoms with Crippen LogP contribution >= 0.6 is 15.9 Å². The summed E-state index contributed by atoms with van der Waals surface area (Å²) in [5.74, 6) is -0.234. The topological polar surface area (TPSA) is 47.6 Å². The normalized spacial score (nSPS) is 26.8. The first-order valence-corrected chi connectivity index (χ1v) is 7.09. The van der Waals surface area contributed by atoms with E-state index in [2.05, 4.69) is 21.2 Å². The second-order valence-corrected chi connectivity index (χ2v) is 5.76. The second kappa shape index (κ2) is 5.92. The minimum atomic E-state index is -0.701. The fraction of sp³-hybridized carbons (Fsp3) is 0.500. The average molecular weight is 328 g/mol. The van der Waals surface area contributed by atoms with E-state index in [-0.39, 0.29) is 12.1 Å². The molecule has 1 saturated heterocycles. The van der Waals surface area contributed by atoms with E-state index in [1.54, 1.807) is 0 Å². The Morgan fingerprint density at radius 2 is 2.37 bits per heavy atom. The van der Waals surface area contributed by atoms with Crippen LogP contribution in [0.1, 0.15) is 19.8 Å². The van der Waals surface area contributed by atoms with E-state index >= 15 is 0 Å². The molecule has 19 heavy (non-hydrogen) atoms. The molecule has 1 aromatic carbocycles. The molecule has 2 unspecified atom stereocenters. The maximum atomic E-state index is 12.2. The summed E-state index contributed by atoms with van der Waals surface area (Å²) in [7, 11) is 1.42. The maximum absolute atomic E-state index is 12.2. The van der Waals surface area contributed by atoms with Gasteiger partial charge in [0.25, 0.3) is 0 Å². The lowest BCUT2D eigenvalue weighted by atomic mass is 9.86. The van der Waals surface area contributed by atoms with Gasteiger partial charge in [-0.05, 0) is 25.1 Å². The van der Waals surface area contributed by atoms with Gasteiger partial charge < -0.3 is 14.8 Å². The van der Waals surface area contributed by atoms with E-state index in [9.17, 15) is 4.79 Å². The summed E-state index contributed by atoms with van der Waals surface area (Å²) in [6, 6.07) is 7.77. The summed E-state index contributed by atoms with van der Waals surface area (Å²) < 4.78 is 11.5. The van der Waals surface area contributed by atoms with E-state index in [1.807, 2.05) is 31.2 Å². The lowest BCUT2D eigenvalue weighted by Crippen LogP contribution is -2.53. The smallest absolute Gasteiger partial charge is 0.331 e. The fourth-order valence-electron chi connectivity index (χ4n) is 2.47. The molecule has 1 N–H and O–H groups in total. The molecule has 0 spiro atoms. The third-order valence-electron chi connectivity index (χ3n) is 3.35. The molecule has 0 bridgehead atoms. The van der Waals surface area contributed by atoms with Gasteiger partial charge in [0, 0.05) is 29.6 Å². The zero-order valence-electron chi connectivity index (χ0n) is 11.1. The predicted molar refractivity (Wildman–Crippen MR) is 77.2 cm³/mol. The van der Waals surface area contributed by atoms with Crippen LogP contribution < -0.4 is 5.32 Å². The molecule has 0 saturated carbocycles. The molecule has 2 rings (SSSR count). The van der Waals surface area contributed by atoms with Crippen LogP contribution in [0.2, 0.25) is 0 Å². The number of rotatable bonds is 3. The van der Waals surface area contributed by atoms with Gasteiger partial charge in [-0.3, -0.25) is 0 Å². The summed E-state index contributed by atoms with van der Waals surface area (Å²) in [4.78, 5) is 12.2. The first-order valence-electron chi connectivity index (χ1n) is 6.29. The Bertz CT molecular complexity index is 466. The molecule has 0 amide bonds. The molecular weight excluding hydrogens is 310 g/mol. The summed E-state index contributed by atoms with van der Waals surface area (Å²) in [6.07, 6.45) is 1.25. The molecule has 0 radical (unpaired) electrons. The quantitative estimate of drug-likeness (QED) is 0.867. The SMILES string of the molecule is COC(=O)C1(Nc2cccc(Br)c2)CCOC(C)C1. The highest BCUT2D eigenvalue weighted by Gasteiger charge is 2.43. The van der Waals surface area contributed by atoms with Crippen LogP contribution in [0.15, 0.2) is 28.7 Å². The molecule has 1 aromatic rings. The third-order valence-corrected chi connectivity index (χ3v) is 3.84. The van der Waals surface area contributed by atoms with Crippen molar-refractivity contribution in [2.24, 2.45) is 0 Å². The Kier molecular flexibility index (Phi) is 4.47. The summed E-state index contributed by atoms with van der Waals surface area (Å²) in [6.45, 7) is 2.52. The molecule has 0 aliphatic carbocycles. The fourth-order valence-corrected chi connectivity index (χ4v) is 2.87. The number of nitrogens with one attached hydrogen (secondary N) is 1. The number of hydrogen-bond acceptors (Lipinski definition) is 4. The van der Waals surface area contributed by atoms with Gasteiger partial charge in [0.1, 0.15) is 5.54 Å². The van der Waals surface area contributed by atoms with Crippen molar-refractivity contribution in [2.45, 2.75) is 31.4 Å². The van der Waals surface area contributed by atoms with Crippen LogP contribution in [-0.2, 0) is 14.3 Å². The highest BCUT2D eigenvalue weighted by atomic mass is 79.9. The number of carbonyl (C=O) groups excluding carboxylic acids is 1. The van der Waals surface area contributed by atoms with E-state index in [0.717, 1.165) is 10.2 Å². The average Bonchev–Trinajstić information content (AvgIpc) is 2.37. The third kappa shape index (κ3) is 3.28. The zero-order valence-corrected chi connectivity index (χ0v) is 12.7. The predicted octanol–water partition coefficient (Wildman–Crippen LogP) is 2.97. The van der Waals surface area contributed by atoms with Crippen LogP contribution in [0.5, 0.6) is 0 Å². The Morgan fingerprint density at radius 3 is 3.00 bits per heavy atom. The lowest BCUT2D eigenvalue weighted by Gasteiger charge is -2.38. The van der Waals surface area contributed by atoms with Crippen molar-refractivity contribution < 1.29 is 14.3 Å². The van der Waals surface area contributed by atoms with E-state index in [4.69, 9.17) is 9.47 Å². The van der Waals surface area contributed by atoms with Gasteiger partial charge in [-0.25, -0.2) is 4.79 Å². The molecule has 2 atom stereocenters. The molecule has 1 aliphatic heterocycles. The van der Waals surface area contributed by atoms with Crippen molar-refractivity contribution >= 4 is 27.6 Å². The number of esters is 1. The highest BCUT2D eigenvalue weighted by Crippen LogP contribution is 2.31. The second-order valence-electron chi connectivity index (χ2n) is 4.84. The minimum Gasteiger partial charge on any atom is -0.467 e. The van der Waals surface area contributed by atoms with Gasteiger partial charge in [0.15, 0.2) is 0 Å². The van der Waals surface area contributed by atoms with Crippen LogP contribution in [0.25, 0.3) is 0 Å². The molecular formula is C14H18BrNO3. The highest BCUT2D eigenvalue weighted by molar-refractivity contribution is 9.10. The van der Waals surface area contributed by atoms with Crippen molar-refractivity contribution in [1.29, 1.82) is 0 Å². The minimum absolute atomic E-state index is 0.0347. The number of halogens is 1. The molecule has 0 aromatic heterocycles. The number of hydrogen-bond donors (Lipinski definition) is 1. The number of methoxy groups -OCH3 is 1. The summed E-state index contributed by atoms with van der Waals surface area (Å²) in [5.41, 5.74) is 0.196. The number of ether oxygens (including phenoxy) is 2. The Hall–Kier alpha value is -1.07. The molecule has 1 aliphatic rings. The van der Waals surface area contributed by atoms with E-state index < -0.39 is 5.54 Å². The lowest BCUT2D eigenvalue weighted by molar-refractivity contribution is -0.151. The molecule has 1 heterocycles. The summed E-state index contributed by atoms with van der Waals surface area (Å²) in [5, 5.41) is 3.33. The van der Waals surface area contributed by atoms with Gasteiger partial charge in [0.05, 0.1) is 13.2 Å². The van der Waals surface area contributed by atoms with Gasteiger partial charge in [-0.15, -0.1) is 0 Å². The van der Waals surface area contributed by atoms with Crippen LogP contribution in [0.4, 0.5) is 5.69 Å². The largest absolute Gasteiger partial charge is 0.467 e. The van der Waals surface area contributed by atoms with Gasteiger partial charge >= 0.3 is 5.97 Å². The van der Waals surface area contributed by atoms with Crippen LogP contribution in [0, 0.1) is 0 Å². The maximum Gasteiger partial charge on any atom is 0.331 e. The molecule has 104 valence electrons. The summed E-state index contributed by atoms with van der Waals surface area (Å²) >= 11 is 3.43. The van der Waals surface area contributed by atoms with E-state index in [0.29, 0.717) is 19.4 Å². The van der Waals surface area contributed by atoms with Crippen molar-refractivity contribution in [1.82, 2.24) is 0 Å². The number of anilines is 1.